The van der Waals surface area contributed by atoms with Crippen LogP contribution in [0.5, 0.6) is 0 Å². The van der Waals surface area contributed by atoms with Crippen molar-refractivity contribution in [2.75, 3.05) is 31.1 Å². The van der Waals surface area contributed by atoms with Crippen LogP contribution in [0.4, 0.5) is 14.6 Å². The molecule has 0 spiro atoms. The number of benzene rings is 2. The van der Waals surface area contributed by atoms with E-state index in [1.807, 2.05) is 25.1 Å². The molecule has 0 amide bonds. The lowest BCUT2D eigenvalue weighted by Crippen LogP contribution is -2.53. The van der Waals surface area contributed by atoms with Crippen molar-refractivity contribution in [2.45, 2.75) is 94.7 Å². The van der Waals surface area contributed by atoms with Crippen LogP contribution in [-0.2, 0) is 6.42 Å². The van der Waals surface area contributed by atoms with Crippen molar-refractivity contribution < 1.29 is 8.78 Å². The molecule has 2 atom stereocenters. The Kier molecular flexibility index (Phi) is 7.21. The number of aryl methyl sites for hydroxylation is 2. The lowest BCUT2D eigenvalue weighted by molar-refractivity contribution is 0.181. The maximum absolute atomic E-state index is 17.0. The summed E-state index contributed by atoms with van der Waals surface area (Å²) in [5.41, 5.74) is 4.51. The van der Waals surface area contributed by atoms with Crippen LogP contribution in [0, 0.1) is 12.7 Å². The van der Waals surface area contributed by atoms with Gasteiger partial charge < -0.3 is 9.80 Å². The first-order chi connectivity index (χ1) is 21.7. The molecule has 0 N–H and O–H groups in total. The van der Waals surface area contributed by atoms with Gasteiger partial charge >= 0.3 is 0 Å². The smallest absolute Gasteiger partial charge is 0.157 e. The molecule has 2 bridgehead atoms. The molecule has 1 aromatic heterocycles. The van der Waals surface area contributed by atoms with Gasteiger partial charge in [-0.05, 0) is 113 Å². The molecular formula is C37H42ClF2N5. The molecule has 2 unspecified atom stereocenters. The van der Waals surface area contributed by atoms with Gasteiger partial charge in [-0.3, -0.25) is 4.90 Å². The van der Waals surface area contributed by atoms with Gasteiger partial charge in [0, 0.05) is 53.1 Å². The van der Waals surface area contributed by atoms with Crippen LogP contribution in [0.3, 0.4) is 0 Å². The Hall–Kier alpha value is -3.03. The summed E-state index contributed by atoms with van der Waals surface area (Å²) in [6.07, 6.45) is 10.7. The van der Waals surface area contributed by atoms with Crippen LogP contribution < -0.4 is 4.90 Å². The predicted molar refractivity (Wildman–Crippen MR) is 178 cm³/mol. The standard InChI is InChI=1S/C37H42ClF2N5/c1-22-18-30(33(25-6-7-25)31(38)19-22)28-10-11-29-35(34(28)40)41-32(12-15-37-13-4-16-44(37)17-5-14-37)42-36(29)43-20-26-8-9-27(21-43)45(26)24(3)23(2)39/h10-11,18-19,25-27H,2-9,12-17,20-21H2,1H3. The van der Waals surface area contributed by atoms with Crippen molar-refractivity contribution in [3.63, 3.8) is 0 Å². The number of piperazine rings is 1. The van der Waals surface area contributed by atoms with Gasteiger partial charge in [-0.25, -0.2) is 18.7 Å². The minimum Gasteiger partial charge on any atom is -0.360 e. The lowest BCUT2D eigenvalue weighted by Gasteiger charge is -2.43. The number of aromatic nitrogens is 2. The Morgan fingerprint density at radius 3 is 2.38 bits per heavy atom. The molecule has 8 rings (SSSR count). The van der Waals surface area contributed by atoms with Crippen molar-refractivity contribution in [1.82, 2.24) is 19.8 Å². The highest BCUT2D eigenvalue weighted by atomic mass is 35.5. The Balaban J connectivity index is 1.22. The first-order valence-electron chi connectivity index (χ1n) is 16.8. The van der Waals surface area contributed by atoms with Gasteiger partial charge in [0.25, 0.3) is 0 Å². The van der Waals surface area contributed by atoms with Crippen molar-refractivity contribution >= 4 is 28.3 Å². The number of rotatable bonds is 8. The van der Waals surface area contributed by atoms with Crippen LogP contribution in [0.15, 0.2) is 48.9 Å². The minimum atomic E-state index is -0.473. The maximum Gasteiger partial charge on any atom is 0.157 e. The molecule has 1 aliphatic carbocycles. The first-order valence-corrected chi connectivity index (χ1v) is 17.2. The molecule has 8 heteroatoms. The van der Waals surface area contributed by atoms with E-state index in [0.717, 1.165) is 71.4 Å². The fourth-order valence-corrected chi connectivity index (χ4v) is 9.58. The second kappa shape index (κ2) is 11.0. The molecule has 3 aromatic rings. The lowest BCUT2D eigenvalue weighted by atomic mass is 9.88. The molecular weight excluding hydrogens is 588 g/mol. The SMILES string of the molecule is C=C(F)C(=C)N1C2CCC1CN(c1nc(CCC34CCCN3CCC4)nc3c(F)c(-c4cc(C)cc(Cl)c4C4CC4)ccc13)C2. The van der Waals surface area contributed by atoms with E-state index in [9.17, 15) is 4.39 Å². The van der Waals surface area contributed by atoms with Gasteiger partial charge in [-0.1, -0.05) is 36.9 Å². The highest BCUT2D eigenvalue weighted by Gasteiger charge is 2.44. The summed E-state index contributed by atoms with van der Waals surface area (Å²) in [6.45, 7) is 13.2. The fourth-order valence-electron chi connectivity index (χ4n) is 9.15. The molecule has 5 aliphatic rings. The first kappa shape index (κ1) is 29.4. The zero-order valence-corrected chi connectivity index (χ0v) is 27.0. The van der Waals surface area contributed by atoms with Crippen LogP contribution >= 0.6 is 11.6 Å². The van der Waals surface area contributed by atoms with E-state index in [4.69, 9.17) is 21.6 Å². The van der Waals surface area contributed by atoms with E-state index in [2.05, 4.69) is 33.9 Å². The molecule has 4 aliphatic heterocycles. The number of halogens is 3. The monoisotopic (exact) mass is 629 g/mol. The summed E-state index contributed by atoms with van der Waals surface area (Å²) in [7, 11) is 0. The van der Waals surface area contributed by atoms with Gasteiger partial charge in [0.2, 0.25) is 0 Å². The Morgan fingerprint density at radius 1 is 1.00 bits per heavy atom. The summed E-state index contributed by atoms with van der Waals surface area (Å²) in [6, 6.07) is 8.19. The molecule has 1 saturated carbocycles. The van der Waals surface area contributed by atoms with Crippen LogP contribution in [0.1, 0.15) is 80.7 Å². The molecule has 45 heavy (non-hydrogen) atoms. The van der Waals surface area contributed by atoms with Gasteiger partial charge in [0.15, 0.2) is 5.82 Å². The van der Waals surface area contributed by atoms with Gasteiger partial charge in [0.1, 0.15) is 23.0 Å². The summed E-state index contributed by atoms with van der Waals surface area (Å²) in [5.74, 6) is 1.10. The predicted octanol–water partition coefficient (Wildman–Crippen LogP) is 8.49. The highest BCUT2D eigenvalue weighted by Crippen LogP contribution is 2.49. The molecule has 2 aromatic carbocycles. The zero-order valence-electron chi connectivity index (χ0n) is 26.2. The van der Waals surface area contributed by atoms with E-state index in [0.29, 0.717) is 41.6 Å². The minimum absolute atomic E-state index is 0.112. The number of nitrogens with zero attached hydrogens (tertiary/aromatic N) is 5. The number of hydrogen-bond donors (Lipinski definition) is 0. The Morgan fingerprint density at radius 2 is 1.71 bits per heavy atom. The average Bonchev–Trinajstić information content (AvgIpc) is 3.56. The summed E-state index contributed by atoms with van der Waals surface area (Å²) < 4.78 is 31.1. The summed E-state index contributed by atoms with van der Waals surface area (Å²) in [5, 5.41) is 1.45. The molecule has 236 valence electrons. The van der Waals surface area contributed by atoms with Crippen molar-refractivity contribution in [1.29, 1.82) is 0 Å². The van der Waals surface area contributed by atoms with Gasteiger partial charge in [-0.2, -0.15) is 0 Å². The molecule has 4 saturated heterocycles. The highest BCUT2D eigenvalue weighted by molar-refractivity contribution is 6.32. The second-order valence-electron chi connectivity index (χ2n) is 14.2. The fraction of sp³-hybridized carbons (Fsp3) is 0.514. The normalized spacial score (nSPS) is 24.1. The number of fused-ring (bicyclic) bond motifs is 4. The quantitative estimate of drug-likeness (QED) is 0.234. The molecule has 5 fully saturated rings. The molecule has 5 heterocycles. The van der Waals surface area contributed by atoms with Crippen molar-refractivity contribution in [3.05, 3.63) is 76.7 Å². The summed E-state index contributed by atoms with van der Waals surface area (Å²) >= 11 is 6.78. The molecule has 5 nitrogen and oxygen atoms in total. The molecule has 0 radical (unpaired) electrons. The van der Waals surface area contributed by atoms with Crippen LogP contribution in [0.25, 0.3) is 22.0 Å². The van der Waals surface area contributed by atoms with E-state index >= 15 is 4.39 Å². The maximum atomic E-state index is 17.0. The Bertz CT molecular complexity index is 1690. The number of allylic oxidation sites excluding steroid dienone is 1. The van der Waals surface area contributed by atoms with Gasteiger partial charge in [-0.15, -0.1) is 0 Å². The topological polar surface area (TPSA) is 35.5 Å². The van der Waals surface area contributed by atoms with Gasteiger partial charge in [0.05, 0.1) is 5.70 Å². The van der Waals surface area contributed by atoms with Crippen molar-refractivity contribution in [2.24, 2.45) is 0 Å². The van der Waals surface area contributed by atoms with Crippen LogP contribution in [-0.4, -0.2) is 63.6 Å². The number of anilines is 1. The third-order valence-corrected chi connectivity index (χ3v) is 11.7. The number of hydrogen-bond acceptors (Lipinski definition) is 5. The second-order valence-corrected chi connectivity index (χ2v) is 14.6. The third kappa shape index (κ3) is 4.96. The summed E-state index contributed by atoms with van der Waals surface area (Å²) in [4.78, 5) is 17.3. The zero-order chi connectivity index (χ0) is 31.0. The largest absolute Gasteiger partial charge is 0.360 e. The van der Waals surface area contributed by atoms with E-state index < -0.39 is 5.83 Å². The van der Waals surface area contributed by atoms with E-state index in [1.54, 1.807) is 0 Å². The van der Waals surface area contributed by atoms with Crippen LogP contribution in [0.2, 0.25) is 5.02 Å². The van der Waals surface area contributed by atoms with Crippen molar-refractivity contribution in [3.8, 4) is 11.1 Å². The van der Waals surface area contributed by atoms with E-state index in [1.165, 1.54) is 38.8 Å². The average molecular weight is 630 g/mol. The third-order valence-electron chi connectivity index (χ3n) is 11.4. The van der Waals surface area contributed by atoms with E-state index in [-0.39, 0.29) is 23.4 Å². The Labute approximate surface area is 270 Å².